The summed E-state index contributed by atoms with van der Waals surface area (Å²) in [6, 6.07) is 90.8. The normalized spacial score (nSPS) is 11.4. The highest BCUT2D eigenvalue weighted by Gasteiger charge is 2.19. The van der Waals surface area contributed by atoms with Gasteiger partial charge in [-0.15, -0.1) is 11.3 Å². The fraction of sp³-hybridized carbons (Fsp3) is 0. The van der Waals surface area contributed by atoms with Crippen LogP contribution in [-0.2, 0) is 0 Å². The lowest BCUT2D eigenvalue weighted by Crippen LogP contribution is -2.09. The first kappa shape index (κ1) is 37.7. The van der Waals surface area contributed by atoms with Crippen molar-refractivity contribution in [2.45, 2.75) is 0 Å². The largest absolute Gasteiger partial charge is 0.311 e. The van der Waals surface area contributed by atoms with Crippen molar-refractivity contribution < 1.29 is 0 Å². The Kier molecular flexibility index (Phi) is 9.43. The van der Waals surface area contributed by atoms with Crippen molar-refractivity contribution in [2.24, 2.45) is 0 Å². The van der Waals surface area contributed by atoms with Gasteiger partial charge in [0, 0.05) is 37.2 Å². The van der Waals surface area contributed by atoms with Crippen LogP contribution in [0, 0.1) is 0 Å². The van der Waals surface area contributed by atoms with E-state index in [0.29, 0.717) is 0 Å². The molecule has 64 heavy (non-hydrogen) atoms. The summed E-state index contributed by atoms with van der Waals surface area (Å²) in [7, 11) is 0. The summed E-state index contributed by atoms with van der Waals surface area (Å²) in [5.41, 5.74) is 15.5. The van der Waals surface area contributed by atoms with Crippen LogP contribution in [0.4, 0.5) is 17.1 Å². The Bertz CT molecular complexity index is 3610. The second-order valence-corrected chi connectivity index (χ2v) is 17.5. The SMILES string of the molecule is c1ccc(-c2ccc(N(c3ccc(-c4ccc5c(c4)c(-c4ccccc4)c(-c4ccccc4)c4ccccc45)cc3)c3ccc(-c4cccc5c4sc4ccccc45)cc3)cc2)cc1. The lowest BCUT2D eigenvalue weighted by molar-refractivity contribution is 1.28. The highest BCUT2D eigenvalue weighted by atomic mass is 32.1. The summed E-state index contributed by atoms with van der Waals surface area (Å²) in [6.07, 6.45) is 0. The summed E-state index contributed by atoms with van der Waals surface area (Å²) < 4.78 is 2.65. The van der Waals surface area contributed by atoms with Crippen LogP contribution in [0.25, 0.3) is 97.4 Å². The van der Waals surface area contributed by atoms with E-state index < -0.39 is 0 Å². The molecule has 0 bridgehead atoms. The monoisotopic (exact) mass is 831 g/mol. The topological polar surface area (TPSA) is 3.24 Å². The molecule has 0 aliphatic carbocycles. The van der Waals surface area contributed by atoms with Crippen molar-refractivity contribution in [2.75, 3.05) is 4.90 Å². The first-order chi connectivity index (χ1) is 31.7. The lowest BCUT2D eigenvalue weighted by atomic mass is 9.84. The molecule has 0 radical (unpaired) electrons. The van der Waals surface area contributed by atoms with Gasteiger partial charge in [-0.25, -0.2) is 0 Å². The fourth-order valence-electron chi connectivity index (χ4n) is 9.63. The molecule has 0 unspecified atom stereocenters. The average Bonchev–Trinajstić information content (AvgIpc) is 3.76. The summed E-state index contributed by atoms with van der Waals surface area (Å²) >= 11 is 1.88. The minimum absolute atomic E-state index is 1.10. The van der Waals surface area contributed by atoms with Crippen molar-refractivity contribution >= 4 is 70.1 Å². The van der Waals surface area contributed by atoms with Crippen molar-refractivity contribution in [1.82, 2.24) is 0 Å². The molecule has 0 fully saturated rings. The van der Waals surface area contributed by atoms with Crippen molar-refractivity contribution in [3.63, 3.8) is 0 Å². The van der Waals surface area contributed by atoms with Crippen LogP contribution in [0.1, 0.15) is 0 Å². The van der Waals surface area contributed by atoms with Gasteiger partial charge in [-0.3, -0.25) is 0 Å². The number of rotatable bonds is 8. The van der Waals surface area contributed by atoms with Gasteiger partial charge in [-0.05, 0) is 126 Å². The predicted molar refractivity (Wildman–Crippen MR) is 276 cm³/mol. The van der Waals surface area contributed by atoms with Crippen molar-refractivity contribution in [3.8, 4) is 55.6 Å². The number of hydrogen-bond acceptors (Lipinski definition) is 2. The van der Waals surface area contributed by atoms with E-state index in [0.717, 1.165) is 17.1 Å². The number of fused-ring (bicyclic) bond motifs is 6. The molecular weight excluding hydrogens is 791 g/mol. The molecule has 0 N–H and O–H groups in total. The first-order valence-corrected chi connectivity index (χ1v) is 22.7. The van der Waals surface area contributed by atoms with Gasteiger partial charge in [0.15, 0.2) is 0 Å². The molecule has 0 atom stereocenters. The zero-order valence-corrected chi connectivity index (χ0v) is 35.8. The Balaban J connectivity index is 0.968. The summed E-state index contributed by atoms with van der Waals surface area (Å²) in [5.74, 6) is 0. The summed E-state index contributed by atoms with van der Waals surface area (Å²) in [6.45, 7) is 0. The number of nitrogens with zero attached hydrogens (tertiary/aromatic N) is 1. The Hall–Kier alpha value is -8.04. The van der Waals surface area contributed by atoms with Crippen LogP contribution in [0.5, 0.6) is 0 Å². The van der Waals surface area contributed by atoms with Gasteiger partial charge in [0.25, 0.3) is 0 Å². The lowest BCUT2D eigenvalue weighted by Gasteiger charge is -2.26. The molecule has 1 aromatic heterocycles. The zero-order valence-electron chi connectivity index (χ0n) is 35.0. The summed E-state index contributed by atoms with van der Waals surface area (Å²) in [4.78, 5) is 2.37. The Labute approximate surface area is 377 Å². The van der Waals surface area contributed by atoms with Crippen LogP contribution in [0.2, 0.25) is 0 Å². The minimum atomic E-state index is 1.10. The number of hydrogen-bond donors (Lipinski definition) is 0. The summed E-state index contributed by atoms with van der Waals surface area (Å²) in [5, 5.41) is 7.66. The smallest absolute Gasteiger partial charge is 0.0462 e. The second-order valence-electron chi connectivity index (χ2n) is 16.4. The van der Waals surface area contributed by atoms with E-state index in [1.165, 1.54) is 97.4 Å². The number of benzene rings is 11. The van der Waals surface area contributed by atoms with E-state index >= 15 is 0 Å². The second kappa shape index (κ2) is 16.0. The van der Waals surface area contributed by atoms with E-state index in [4.69, 9.17) is 0 Å². The third-order valence-corrected chi connectivity index (χ3v) is 13.9. The van der Waals surface area contributed by atoms with E-state index in [1.807, 2.05) is 11.3 Å². The maximum absolute atomic E-state index is 2.40. The molecule has 1 heterocycles. The fourth-order valence-corrected chi connectivity index (χ4v) is 10.9. The predicted octanol–water partition coefficient (Wildman–Crippen LogP) is 18.2. The number of anilines is 3. The highest BCUT2D eigenvalue weighted by molar-refractivity contribution is 7.26. The Morgan fingerprint density at radius 3 is 1.28 bits per heavy atom. The van der Waals surface area contributed by atoms with E-state index in [1.54, 1.807) is 0 Å². The molecule has 0 saturated carbocycles. The maximum atomic E-state index is 2.40. The van der Waals surface area contributed by atoms with Crippen LogP contribution in [0.3, 0.4) is 0 Å². The van der Waals surface area contributed by atoms with Crippen LogP contribution >= 0.6 is 11.3 Å². The molecule has 0 aliphatic rings. The van der Waals surface area contributed by atoms with Crippen molar-refractivity contribution in [1.29, 1.82) is 0 Å². The van der Waals surface area contributed by atoms with Crippen LogP contribution in [-0.4, -0.2) is 0 Å². The maximum Gasteiger partial charge on any atom is 0.0462 e. The molecule has 1 nitrogen and oxygen atoms in total. The molecule has 11 aromatic carbocycles. The molecule has 0 aliphatic heterocycles. The first-order valence-electron chi connectivity index (χ1n) is 21.9. The molecule has 0 amide bonds. The zero-order chi connectivity index (χ0) is 42.4. The Morgan fingerprint density at radius 1 is 0.250 bits per heavy atom. The van der Waals surface area contributed by atoms with Gasteiger partial charge in [0.2, 0.25) is 0 Å². The van der Waals surface area contributed by atoms with Gasteiger partial charge >= 0.3 is 0 Å². The standard InChI is InChI=1S/C62H41NS/c1-4-15-42(16-5-1)43-27-34-49(35-28-43)63(51-38-31-45(32-39-51)52-24-14-25-57-55-22-12-13-26-59(55)64-62(52)57)50-36-29-44(30-37-50)48-33-40-54-53-21-10-11-23-56(53)60(46-17-6-2-7-18-46)61(58(54)41-48)47-19-8-3-9-20-47/h1-41H. The van der Waals surface area contributed by atoms with Crippen LogP contribution < -0.4 is 4.90 Å². The molecule has 0 saturated heterocycles. The minimum Gasteiger partial charge on any atom is -0.311 e. The average molecular weight is 832 g/mol. The third-order valence-electron chi connectivity index (χ3n) is 12.7. The van der Waals surface area contributed by atoms with Gasteiger partial charge in [-0.2, -0.15) is 0 Å². The van der Waals surface area contributed by atoms with E-state index in [9.17, 15) is 0 Å². The molecular formula is C62H41NS. The molecule has 0 spiro atoms. The molecule has 12 aromatic rings. The van der Waals surface area contributed by atoms with Crippen molar-refractivity contribution in [3.05, 3.63) is 249 Å². The van der Waals surface area contributed by atoms with Gasteiger partial charge in [-0.1, -0.05) is 200 Å². The van der Waals surface area contributed by atoms with E-state index in [2.05, 4.69) is 254 Å². The molecule has 300 valence electrons. The Morgan fingerprint density at radius 2 is 0.672 bits per heavy atom. The van der Waals surface area contributed by atoms with Gasteiger partial charge in [0.05, 0.1) is 0 Å². The van der Waals surface area contributed by atoms with Gasteiger partial charge in [0.1, 0.15) is 0 Å². The van der Waals surface area contributed by atoms with Crippen LogP contribution in [0.15, 0.2) is 249 Å². The van der Waals surface area contributed by atoms with E-state index in [-0.39, 0.29) is 0 Å². The third kappa shape index (κ3) is 6.64. The highest BCUT2D eigenvalue weighted by Crippen LogP contribution is 2.46. The van der Waals surface area contributed by atoms with Gasteiger partial charge < -0.3 is 4.90 Å². The molecule has 12 rings (SSSR count). The molecule has 2 heteroatoms. The quantitative estimate of drug-likeness (QED) is 0.138. The number of thiophene rings is 1.